The number of halogens is 2. The van der Waals surface area contributed by atoms with Crippen molar-refractivity contribution in [3.63, 3.8) is 0 Å². The zero-order valence-corrected chi connectivity index (χ0v) is 11.3. The summed E-state index contributed by atoms with van der Waals surface area (Å²) in [4.78, 5) is 7.78. The number of aryl methyl sites for hydroxylation is 1. The normalized spacial score (nSPS) is 10.2. The second kappa shape index (κ2) is 5.42. The molecule has 1 aromatic heterocycles. The first kappa shape index (κ1) is 12.9. The Morgan fingerprint density at radius 3 is 2.06 bits per heavy atom. The van der Waals surface area contributed by atoms with Crippen LogP contribution >= 0.6 is 23.2 Å². The van der Waals surface area contributed by atoms with E-state index in [-0.39, 0.29) is 22.1 Å². The van der Waals surface area contributed by atoms with Crippen LogP contribution in [0.2, 0.25) is 10.3 Å². The van der Waals surface area contributed by atoms with Gasteiger partial charge in [0.15, 0.2) is 10.3 Å². The molecule has 0 fully saturated rings. The maximum atomic E-state index is 5.95. The summed E-state index contributed by atoms with van der Waals surface area (Å²) < 4.78 is 10.4. The van der Waals surface area contributed by atoms with E-state index in [1.165, 1.54) is 7.11 Å². The van der Waals surface area contributed by atoms with Gasteiger partial charge in [-0.1, -0.05) is 40.9 Å². The lowest BCUT2D eigenvalue weighted by Crippen LogP contribution is -1.96. The van der Waals surface area contributed by atoms with E-state index in [4.69, 9.17) is 32.7 Å². The molecule has 0 atom stereocenters. The molecular formula is C12H10Cl2N2O2. The lowest BCUT2D eigenvalue weighted by Gasteiger charge is -2.09. The Hall–Kier alpha value is -1.52. The number of aromatic nitrogens is 2. The summed E-state index contributed by atoms with van der Waals surface area (Å²) >= 11 is 11.9. The van der Waals surface area contributed by atoms with E-state index in [1.54, 1.807) is 0 Å². The summed E-state index contributed by atoms with van der Waals surface area (Å²) in [7, 11) is 1.43. The summed E-state index contributed by atoms with van der Waals surface area (Å²) in [5, 5.41) is 0.208. The van der Waals surface area contributed by atoms with E-state index < -0.39 is 0 Å². The van der Waals surface area contributed by atoms with Crippen LogP contribution in [0.5, 0.6) is 17.5 Å². The highest BCUT2D eigenvalue weighted by atomic mass is 35.5. The van der Waals surface area contributed by atoms with Gasteiger partial charge in [0.05, 0.1) is 7.11 Å². The van der Waals surface area contributed by atoms with Gasteiger partial charge in [-0.15, -0.1) is 0 Å². The molecule has 0 spiro atoms. The molecule has 2 rings (SSSR count). The van der Waals surface area contributed by atoms with E-state index >= 15 is 0 Å². The molecule has 94 valence electrons. The van der Waals surface area contributed by atoms with Crippen molar-refractivity contribution in [3.05, 3.63) is 40.1 Å². The molecule has 4 nitrogen and oxygen atoms in total. The van der Waals surface area contributed by atoms with Gasteiger partial charge in [-0.2, -0.15) is 9.97 Å². The Morgan fingerprint density at radius 2 is 1.56 bits per heavy atom. The summed E-state index contributed by atoms with van der Waals surface area (Å²) in [6.45, 7) is 1.99. The third kappa shape index (κ3) is 2.83. The fourth-order valence-corrected chi connectivity index (χ4v) is 1.73. The topological polar surface area (TPSA) is 44.2 Å². The Kier molecular flexibility index (Phi) is 3.89. The van der Waals surface area contributed by atoms with Crippen molar-refractivity contribution in [1.29, 1.82) is 0 Å². The van der Waals surface area contributed by atoms with Gasteiger partial charge < -0.3 is 9.47 Å². The number of nitrogens with zero attached hydrogens (tertiary/aromatic N) is 2. The van der Waals surface area contributed by atoms with E-state index in [0.717, 1.165) is 5.56 Å². The van der Waals surface area contributed by atoms with Crippen molar-refractivity contribution in [2.45, 2.75) is 6.92 Å². The van der Waals surface area contributed by atoms with Crippen LogP contribution in [0.25, 0.3) is 0 Å². The number of benzene rings is 1. The highest BCUT2D eigenvalue weighted by Crippen LogP contribution is 2.35. The van der Waals surface area contributed by atoms with E-state index in [0.29, 0.717) is 5.75 Å². The van der Waals surface area contributed by atoms with Crippen LogP contribution in [0, 0.1) is 6.92 Å². The predicted molar refractivity (Wildman–Crippen MR) is 69.9 cm³/mol. The van der Waals surface area contributed by atoms with Gasteiger partial charge in [0.1, 0.15) is 5.75 Å². The number of ether oxygens (including phenoxy) is 2. The Morgan fingerprint density at radius 1 is 1.00 bits per heavy atom. The molecule has 0 aliphatic heterocycles. The zero-order valence-electron chi connectivity index (χ0n) is 9.78. The highest BCUT2D eigenvalue weighted by Gasteiger charge is 2.14. The van der Waals surface area contributed by atoms with Crippen molar-refractivity contribution >= 4 is 23.2 Å². The number of methoxy groups -OCH3 is 1. The van der Waals surface area contributed by atoms with Gasteiger partial charge in [0.25, 0.3) is 0 Å². The summed E-state index contributed by atoms with van der Waals surface area (Å²) in [6, 6.07) is 7.56. The molecule has 2 aromatic rings. The van der Waals surface area contributed by atoms with Crippen molar-refractivity contribution in [3.8, 4) is 17.5 Å². The number of hydrogen-bond acceptors (Lipinski definition) is 4. The van der Waals surface area contributed by atoms with Gasteiger partial charge >= 0.3 is 6.01 Å². The van der Waals surface area contributed by atoms with Crippen LogP contribution in [0.15, 0.2) is 24.3 Å². The van der Waals surface area contributed by atoms with Gasteiger partial charge in [-0.05, 0) is 19.1 Å². The smallest absolute Gasteiger partial charge is 0.319 e. The van der Waals surface area contributed by atoms with Crippen LogP contribution in [-0.2, 0) is 0 Å². The van der Waals surface area contributed by atoms with Gasteiger partial charge in [0.2, 0.25) is 5.75 Å². The average molecular weight is 285 g/mol. The lowest BCUT2D eigenvalue weighted by atomic mass is 10.2. The summed E-state index contributed by atoms with van der Waals surface area (Å²) in [5.74, 6) is 0.821. The minimum absolute atomic E-state index is 0.0984. The molecule has 0 unspecified atom stereocenters. The molecule has 0 saturated heterocycles. The molecule has 0 N–H and O–H groups in total. The van der Waals surface area contributed by atoms with Crippen LogP contribution in [0.1, 0.15) is 5.56 Å². The van der Waals surface area contributed by atoms with Gasteiger partial charge in [-0.3, -0.25) is 0 Å². The first-order chi connectivity index (χ1) is 8.60. The number of rotatable bonds is 3. The van der Waals surface area contributed by atoms with Crippen molar-refractivity contribution < 1.29 is 9.47 Å². The molecule has 0 bridgehead atoms. The third-order valence-corrected chi connectivity index (χ3v) is 2.70. The fraction of sp³-hybridized carbons (Fsp3) is 0.167. The molecule has 0 amide bonds. The quantitative estimate of drug-likeness (QED) is 0.802. The Balaban J connectivity index is 2.31. The average Bonchev–Trinajstić information content (AvgIpc) is 2.35. The lowest BCUT2D eigenvalue weighted by molar-refractivity contribution is 0.376. The van der Waals surface area contributed by atoms with Crippen molar-refractivity contribution in [2.24, 2.45) is 0 Å². The maximum Gasteiger partial charge on any atom is 0.319 e. The Labute approximate surface area is 114 Å². The molecule has 0 saturated carbocycles. The summed E-state index contributed by atoms with van der Waals surface area (Å²) in [5.41, 5.74) is 1.13. The van der Waals surface area contributed by atoms with Crippen LogP contribution in [0.3, 0.4) is 0 Å². The molecule has 1 heterocycles. The number of hydrogen-bond donors (Lipinski definition) is 0. The second-order valence-corrected chi connectivity index (χ2v) is 4.25. The molecule has 18 heavy (non-hydrogen) atoms. The second-order valence-electron chi connectivity index (χ2n) is 3.54. The standard InChI is InChI=1S/C12H10Cl2N2O2/c1-7-3-5-8(6-4-7)18-9-10(13)15-12(17-2)16-11(9)14/h3-6H,1-2H3. The van der Waals surface area contributed by atoms with E-state index in [2.05, 4.69) is 9.97 Å². The van der Waals surface area contributed by atoms with Crippen LogP contribution in [0.4, 0.5) is 0 Å². The third-order valence-electron chi connectivity index (χ3n) is 2.19. The molecule has 0 aliphatic carbocycles. The molecule has 0 radical (unpaired) electrons. The van der Waals surface area contributed by atoms with Crippen LogP contribution in [-0.4, -0.2) is 17.1 Å². The van der Waals surface area contributed by atoms with E-state index in [1.807, 2.05) is 31.2 Å². The minimum Gasteiger partial charge on any atom is -0.467 e. The largest absolute Gasteiger partial charge is 0.467 e. The highest BCUT2D eigenvalue weighted by molar-refractivity contribution is 6.35. The minimum atomic E-state index is 0.0984. The monoisotopic (exact) mass is 284 g/mol. The van der Waals surface area contributed by atoms with Crippen molar-refractivity contribution in [2.75, 3.05) is 7.11 Å². The molecule has 6 heteroatoms. The van der Waals surface area contributed by atoms with Gasteiger partial charge in [-0.25, -0.2) is 0 Å². The SMILES string of the molecule is COc1nc(Cl)c(Oc2ccc(C)cc2)c(Cl)n1. The van der Waals surface area contributed by atoms with E-state index in [9.17, 15) is 0 Å². The zero-order chi connectivity index (χ0) is 13.1. The first-order valence-corrected chi connectivity index (χ1v) is 5.87. The molecular weight excluding hydrogens is 275 g/mol. The van der Waals surface area contributed by atoms with Gasteiger partial charge in [0, 0.05) is 0 Å². The van der Waals surface area contributed by atoms with Crippen molar-refractivity contribution in [1.82, 2.24) is 9.97 Å². The maximum absolute atomic E-state index is 5.95. The van der Waals surface area contributed by atoms with Crippen LogP contribution < -0.4 is 9.47 Å². The summed E-state index contributed by atoms with van der Waals surface area (Å²) in [6.07, 6.45) is 0. The molecule has 0 aliphatic rings. The Bertz CT molecular complexity index is 535. The first-order valence-electron chi connectivity index (χ1n) is 5.11. The fourth-order valence-electron chi connectivity index (χ4n) is 1.28. The molecule has 1 aromatic carbocycles. The predicted octanol–water partition coefficient (Wildman–Crippen LogP) is 3.89.